The molecule has 2 unspecified atom stereocenters. The minimum atomic E-state index is -3.43. The van der Waals surface area contributed by atoms with E-state index in [4.69, 9.17) is 18.0 Å². The number of nitrogens with one attached hydrogen (secondary N) is 1. The van der Waals surface area contributed by atoms with Crippen LogP contribution in [0.2, 0.25) is 0 Å². The number of rotatable bonds is 8. The molecule has 0 aliphatic carbocycles. The van der Waals surface area contributed by atoms with Gasteiger partial charge in [-0.1, -0.05) is 26.1 Å². The van der Waals surface area contributed by atoms with Crippen LogP contribution in [0.5, 0.6) is 0 Å². The van der Waals surface area contributed by atoms with Crippen molar-refractivity contribution in [3.63, 3.8) is 0 Å². The van der Waals surface area contributed by atoms with E-state index in [0.29, 0.717) is 6.42 Å². The molecule has 3 N–H and O–H groups in total. The van der Waals surface area contributed by atoms with Crippen LogP contribution in [-0.2, 0) is 10.0 Å². The van der Waals surface area contributed by atoms with Crippen molar-refractivity contribution in [3.8, 4) is 0 Å². The van der Waals surface area contributed by atoms with Crippen molar-refractivity contribution in [1.29, 1.82) is 0 Å². The van der Waals surface area contributed by atoms with Gasteiger partial charge in [0.15, 0.2) is 0 Å². The highest BCUT2D eigenvalue weighted by Crippen LogP contribution is 2.09. The molecule has 0 bridgehead atoms. The third-order valence-electron chi connectivity index (χ3n) is 2.25. The first-order valence-electron chi connectivity index (χ1n) is 5.18. The Morgan fingerprint density at radius 1 is 1.44 bits per heavy atom. The molecular formula is C9H20N2O2S3. The van der Waals surface area contributed by atoms with Crippen molar-refractivity contribution in [1.82, 2.24) is 4.72 Å². The number of hydrogen-bond acceptors (Lipinski definition) is 4. The molecule has 96 valence electrons. The Labute approximate surface area is 108 Å². The molecule has 0 fully saturated rings. The standard InChI is InChI=1S/C9H20N2O2S3/c1-4-7(6-15-3)11-16(12,13)8(5-2)9(10)14/h7-8,11H,4-6H2,1-3H3,(H2,10,14). The predicted octanol–water partition coefficient (Wildman–Crippen LogP) is 1.11. The first-order valence-corrected chi connectivity index (χ1v) is 8.53. The smallest absolute Gasteiger partial charge is 0.221 e. The summed E-state index contributed by atoms with van der Waals surface area (Å²) in [5.41, 5.74) is 5.43. The van der Waals surface area contributed by atoms with Crippen LogP contribution in [0, 0.1) is 0 Å². The number of sulfonamides is 1. The molecule has 0 saturated carbocycles. The van der Waals surface area contributed by atoms with Gasteiger partial charge in [0.1, 0.15) is 5.25 Å². The fourth-order valence-corrected chi connectivity index (χ4v) is 4.32. The average Bonchev–Trinajstić information content (AvgIpc) is 2.16. The summed E-state index contributed by atoms with van der Waals surface area (Å²) in [4.78, 5) is 0.0361. The van der Waals surface area contributed by atoms with Gasteiger partial charge in [0, 0.05) is 11.8 Å². The zero-order chi connectivity index (χ0) is 12.8. The topological polar surface area (TPSA) is 72.2 Å². The summed E-state index contributed by atoms with van der Waals surface area (Å²) in [5, 5.41) is -0.765. The SMILES string of the molecule is CCC(CSC)NS(=O)(=O)C(CC)C(N)=S. The molecule has 0 radical (unpaired) electrons. The largest absolute Gasteiger partial charge is 0.392 e. The third-order valence-corrected chi connectivity index (χ3v) is 5.42. The molecule has 0 heterocycles. The van der Waals surface area contributed by atoms with Gasteiger partial charge in [0.05, 0.1) is 4.99 Å². The van der Waals surface area contributed by atoms with Gasteiger partial charge in [-0.3, -0.25) is 0 Å². The van der Waals surface area contributed by atoms with Crippen molar-refractivity contribution in [2.75, 3.05) is 12.0 Å². The number of thioether (sulfide) groups is 1. The van der Waals surface area contributed by atoms with Gasteiger partial charge in [0.2, 0.25) is 10.0 Å². The summed E-state index contributed by atoms with van der Waals surface area (Å²) in [7, 11) is -3.43. The highest BCUT2D eigenvalue weighted by molar-refractivity contribution is 7.98. The Morgan fingerprint density at radius 3 is 2.31 bits per heavy atom. The third kappa shape index (κ3) is 4.99. The highest BCUT2D eigenvalue weighted by atomic mass is 32.2. The van der Waals surface area contributed by atoms with Gasteiger partial charge in [0.25, 0.3) is 0 Å². The van der Waals surface area contributed by atoms with Crippen molar-refractivity contribution < 1.29 is 8.42 Å². The minimum Gasteiger partial charge on any atom is -0.392 e. The van der Waals surface area contributed by atoms with E-state index in [1.54, 1.807) is 18.7 Å². The summed E-state index contributed by atoms with van der Waals surface area (Å²) < 4.78 is 26.6. The van der Waals surface area contributed by atoms with Crippen molar-refractivity contribution >= 4 is 39.0 Å². The second kappa shape index (κ2) is 7.47. The minimum absolute atomic E-state index is 0.0361. The Hall–Kier alpha value is 0.150. The van der Waals surface area contributed by atoms with Crippen LogP contribution in [0.4, 0.5) is 0 Å². The normalized spacial score (nSPS) is 15.7. The molecule has 7 heteroatoms. The molecule has 0 aromatic rings. The van der Waals surface area contributed by atoms with E-state index in [-0.39, 0.29) is 11.0 Å². The van der Waals surface area contributed by atoms with Crippen LogP contribution in [0.1, 0.15) is 26.7 Å². The number of thiocarbonyl (C=S) groups is 1. The maximum absolute atomic E-state index is 12.0. The van der Waals surface area contributed by atoms with Crippen LogP contribution in [-0.4, -0.2) is 36.7 Å². The summed E-state index contributed by atoms with van der Waals surface area (Å²) in [6, 6.07) is -0.0524. The quantitative estimate of drug-likeness (QED) is 0.653. The molecule has 0 saturated heterocycles. The zero-order valence-electron chi connectivity index (χ0n) is 9.89. The summed E-state index contributed by atoms with van der Waals surface area (Å²) >= 11 is 6.38. The fraction of sp³-hybridized carbons (Fsp3) is 0.889. The first kappa shape index (κ1) is 16.1. The molecule has 0 aromatic carbocycles. The second-order valence-electron chi connectivity index (χ2n) is 3.52. The molecule has 0 aromatic heterocycles. The van der Waals surface area contributed by atoms with Crippen LogP contribution in [0.25, 0.3) is 0 Å². The van der Waals surface area contributed by atoms with Crippen molar-refractivity contribution in [2.45, 2.75) is 38.0 Å². The fourth-order valence-electron chi connectivity index (χ4n) is 1.32. The molecule has 0 amide bonds. The Bertz CT molecular complexity index is 317. The Morgan fingerprint density at radius 2 is 2.00 bits per heavy atom. The Kier molecular flexibility index (Phi) is 7.54. The molecule has 0 rings (SSSR count). The lowest BCUT2D eigenvalue weighted by molar-refractivity contribution is 0.552. The van der Waals surface area contributed by atoms with Gasteiger partial charge in [-0.2, -0.15) is 11.8 Å². The monoisotopic (exact) mass is 284 g/mol. The van der Waals surface area contributed by atoms with Crippen LogP contribution in [0.15, 0.2) is 0 Å². The molecule has 0 aliphatic heterocycles. The molecule has 2 atom stereocenters. The predicted molar refractivity (Wildman–Crippen MR) is 75.4 cm³/mol. The zero-order valence-corrected chi connectivity index (χ0v) is 12.3. The lowest BCUT2D eigenvalue weighted by atomic mass is 10.3. The van der Waals surface area contributed by atoms with E-state index >= 15 is 0 Å². The van der Waals surface area contributed by atoms with E-state index in [2.05, 4.69) is 4.72 Å². The average molecular weight is 284 g/mol. The molecule has 16 heavy (non-hydrogen) atoms. The summed E-state index contributed by atoms with van der Waals surface area (Å²) in [6.07, 6.45) is 3.11. The molecule has 4 nitrogen and oxygen atoms in total. The van der Waals surface area contributed by atoms with Gasteiger partial charge in [-0.25, -0.2) is 13.1 Å². The lowest BCUT2D eigenvalue weighted by Gasteiger charge is -2.20. The van der Waals surface area contributed by atoms with Crippen molar-refractivity contribution in [2.24, 2.45) is 5.73 Å². The van der Waals surface area contributed by atoms with E-state index in [0.717, 1.165) is 12.2 Å². The lowest BCUT2D eigenvalue weighted by Crippen LogP contribution is -2.46. The van der Waals surface area contributed by atoms with E-state index in [1.807, 2.05) is 13.2 Å². The second-order valence-corrected chi connectivity index (χ2v) is 6.80. The number of hydrogen-bond donors (Lipinski definition) is 2. The molecule has 0 aliphatic rings. The van der Waals surface area contributed by atoms with Crippen LogP contribution < -0.4 is 10.5 Å². The van der Waals surface area contributed by atoms with Crippen molar-refractivity contribution in [3.05, 3.63) is 0 Å². The maximum atomic E-state index is 12.0. The number of nitrogens with two attached hydrogens (primary N) is 1. The van der Waals surface area contributed by atoms with Gasteiger partial charge >= 0.3 is 0 Å². The van der Waals surface area contributed by atoms with E-state index in [9.17, 15) is 8.42 Å². The summed E-state index contributed by atoms with van der Waals surface area (Å²) in [5.74, 6) is 0.753. The molecule has 0 spiro atoms. The first-order chi connectivity index (χ1) is 7.38. The van der Waals surface area contributed by atoms with Gasteiger partial charge in [-0.05, 0) is 19.1 Å². The maximum Gasteiger partial charge on any atom is 0.221 e. The van der Waals surface area contributed by atoms with Gasteiger partial charge in [-0.15, -0.1) is 0 Å². The molecular weight excluding hydrogens is 264 g/mol. The van der Waals surface area contributed by atoms with Gasteiger partial charge < -0.3 is 5.73 Å². The van der Waals surface area contributed by atoms with E-state index in [1.165, 1.54) is 0 Å². The van der Waals surface area contributed by atoms with E-state index < -0.39 is 15.3 Å². The van der Waals surface area contributed by atoms with Crippen LogP contribution >= 0.6 is 24.0 Å². The Balaban J connectivity index is 4.71. The summed E-state index contributed by atoms with van der Waals surface area (Å²) in [6.45, 7) is 3.71. The van der Waals surface area contributed by atoms with Crippen LogP contribution in [0.3, 0.4) is 0 Å². The highest BCUT2D eigenvalue weighted by Gasteiger charge is 2.28.